The molecule has 0 unspecified atom stereocenters. The van der Waals surface area contributed by atoms with Crippen LogP contribution >= 0.6 is 0 Å². The molecular formula is C20H22N6O2. The van der Waals surface area contributed by atoms with Crippen LogP contribution in [0.2, 0.25) is 0 Å². The number of benzene rings is 2. The zero-order valence-corrected chi connectivity index (χ0v) is 16.0. The summed E-state index contributed by atoms with van der Waals surface area (Å²) in [5.41, 5.74) is 3.24. The number of nitrogens with one attached hydrogen (secondary N) is 2. The number of hydrogen-bond donors (Lipinski definition) is 2. The van der Waals surface area contributed by atoms with E-state index in [1.807, 2.05) is 43.3 Å². The topological polar surface area (TPSA) is 92.3 Å². The van der Waals surface area contributed by atoms with Crippen LogP contribution in [0.4, 0.5) is 28.8 Å². The Morgan fingerprint density at radius 1 is 1.00 bits per heavy atom. The van der Waals surface area contributed by atoms with Gasteiger partial charge in [0.2, 0.25) is 5.95 Å². The quantitative estimate of drug-likeness (QED) is 0.603. The SMILES string of the molecule is CCOC(=O)c1ccc(Nc2cnnc(Nc3ccc(N(C)C)cc3)n2)cc1. The van der Waals surface area contributed by atoms with E-state index in [0.29, 0.717) is 23.9 Å². The molecule has 1 aromatic heterocycles. The van der Waals surface area contributed by atoms with Gasteiger partial charge in [-0.25, -0.2) is 4.79 Å². The van der Waals surface area contributed by atoms with Gasteiger partial charge in [0.15, 0.2) is 5.82 Å². The van der Waals surface area contributed by atoms with Gasteiger partial charge in [-0.15, -0.1) is 5.10 Å². The molecule has 3 aromatic rings. The number of nitrogens with zero attached hydrogens (tertiary/aromatic N) is 4. The van der Waals surface area contributed by atoms with E-state index in [4.69, 9.17) is 4.74 Å². The van der Waals surface area contributed by atoms with Crippen molar-refractivity contribution in [3.63, 3.8) is 0 Å². The fourth-order valence-electron chi connectivity index (χ4n) is 2.44. The predicted molar refractivity (Wildman–Crippen MR) is 110 cm³/mol. The molecule has 1 heterocycles. The third kappa shape index (κ3) is 4.94. The maximum absolute atomic E-state index is 11.7. The zero-order valence-electron chi connectivity index (χ0n) is 16.0. The lowest BCUT2D eigenvalue weighted by molar-refractivity contribution is 0.0526. The zero-order chi connectivity index (χ0) is 19.9. The van der Waals surface area contributed by atoms with Gasteiger partial charge in [-0.3, -0.25) is 0 Å². The van der Waals surface area contributed by atoms with Gasteiger partial charge < -0.3 is 20.3 Å². The van der Waals surface area contributed by atoms with E-state index in [0.717, 1.165) is 17.1 Å². The Balaban J connectivity index is 1.67. The van der Waals surface area contributed by atoms with E-state index < -0.39 is 0 Å². The third-order valence-corrected chi connectivity index (χ3v) is 3.87. The number of ether oxygens (including phenoxy) is 1. The van der Waals surface area contributed by atoms with Gasteiger partial charge in [-0.1, -0.05) is 0 Å². The highest BCUT2D eigenvalue weighted by atomic mass is 16.5. The Hall–Kier alpha value is -3.68. The fraction of sp³-hybridized carbons (Fsp3) is 0.200. The first-order valence-electron chi connectivity index (χ1n) is 8.83. The van der Waals surface area contributed by atoms with Crippen molar-refractivity contribution in [3.8, 4) is 0 Å². The van der Waals surface area contributed by atoms with Crippen molar-refractivity contribution in [2.24, 2.45) is 0 Å². The Morgan fingerprint density at radius 3 is 2.29 bits per heavy atom. The molecule has 0 radical (unpaired) electrons. The maximum Gasteiger partial charge on any atom is 0.338 e. The van der Waals surface area contributed by atoms with E-state index in [1.165, 1.54) is 6.20 Å². The summed E-state index contributed by atoms with van der Waals surface area (Å²) in [5.74, 6) is 0.571. The van der Waals surface area contributed by atoms with Gasteiger partial charge in [0, 0.05) is 31.2 Å². The Labute approximate surface area is 163 Å². The van der Waals surface area contributed by atoms with Crippen LogP contribution in [-0.4, -0.2) is 41.9 Å². The highest BCUT2D eigenvalue weighted by Gasteiger charge is 2.07. The van der Waals surface area contributed by atoms with Crippen LogP contribution in [0.3, 0.4) is 0 Å². The number of rotatable bonds is 7. The first-order valence-corrected chi connectivity index (χ1v) is 8.83. The number of hydrogen-bond acceptors (Lipinski definition) is 8. The Bertz CT molecular complexity index is 926. The lowest BCUT2D eigenvalue weighted by Crippen LogP contribution is -2.08. The van der Waals surface area contributed by atoms with Gasteiger partial charge in [-0.05, 0) is 55.5 Å². The standard InChI is InChI=1S/C20H22N6O2/c1-4-28-19(27)14-5-7-15(8-6-14)22-18-13-21-25-20(24-18)23-16-9-11-17(12-10-16)26(2)3/h5-13H,4H2,1-3H3,(H2,22,23,24,25). The Morgan fingerprint density at radius 2 is 1.64 bits per heavy atom. The molecule has 0 aliphatic heterocycles. The van der Waals surface area contributed by atoms with Crippen molar-refractivity contribution in [3.05, 3.63) is 60.3 Å². The minimum atomic E-state index is -0.343. The van der Waals surface area contributed by atoms with Crippen LogP contribution in [0.5, 0.6) is 0 Å². The Kier molecular flexibility index (Phi) is 6.01. The van der Waals surface area contributed by atoms with Crippen molar-refractivity contribution in [2.75, 3.05) is 36.2 Å². The molecule has 2 aromatic carbocycles. The number of esters is 1. The molecule has 3 rings (SSSR count). The number of carbonyl (C=O) groups is 1. The van der Waals surface area contributed by atoms with Crippen LogP contribution in [0.25, 0.3) is 0 Å². The summed E-state index contributed by atoms with van der Waals surface area (Å²) in [5, 5.41) is 14.3. The van der Waals surface area contributed by atoms with Crippen LogP contribution in [0.1, 0.15) is 17.3 Å². The molecular weight excluding hydrogens is 356 g/mol. The molecule has 0 aliphatic carbocycles. The number of anilines is 5. The first kappa shape index (κ1) is 19.1. The fourth-order valence-corrected chi connectivity index (χ4v) is 2.44. The molecule has 28 heavy (non-hydrogen) atoms. The van der Waals surface area contributed by atoms with E-state index in [9.17, 15) is 4.79 Å². The van der Waals surface area contributed by atoms with E-state index in [-0.39, 0.29) is 5.97 Å². The summed E-state index contributed by atoms with van der Waals surface area (Å²) in [6.07, 6.45) is 1.53. The van der Waals surface area contributed by atoms with Gasteiger partial charge in [0.25, 0.3) is 0 Å². The van der Waals surface area contributed by atoms with Crippen molar-refractivity contribution < 1.29 is 9.53 Å². The molecule has 0 amide bonds. The average molecular weight is 378 g/mol. The lowest BCUT2D eigenvalue weighted by atomic mass is 10.2. The van der Waals surface area contributed by atoms with E-state index in [2.05, 4.69) is 25.8 Å². The molecule has 8 heteroatoms. The monoisotopic (exact) mass is 378 g/mol. The largest absolute Gasteiger partial charge is 0.462 e. The van der Waals surface area contributed by atoms with Crippen LogP contribution in [-0.2, 0) is 4.74 Å². The van der Waals surface area contributed by atoms with E-state index >= 15 is 0 Å². The molecule has 0 fully saturated rings. The summed E-state index contributed by atoms with van der Waals surface area (Å²) in [6, 6.07) is 14.9. The molecule has 8 nitrogen and oxygen atoms in total. The summed E-state index contributed by atoms with van der Waals surface area (Å²) >= 11 is 0. The van der Waals surface area contributed by atoms with Gasteiger partial charge >= 0.3 is 5.97 Å². The molecule has 0 saturated heterocycles. The highest BCUT2D eigenvalue weighted by molar-refractivity contribution is 5.89. The normalized spacial score (nSPS) is 10.2. The van der Waals surface area contributed by atoms with Gasteiger partial charge in [-0.2, -0.15) is 10.1 Å². The molecule has 144 valence electrons. The second-order valence-corrected chi connectivity index (χ2v) is 6.15. The molecule has 0 spiro atoms. The molecule has 0 atom stereocenters. The van der Waals surface area contributed by atoms with Gasteiger partial charge in [0.05, 0.1) is 18.4 Å². The molecule has 0 bridgehead atoms. The van der Waals surface area contributed by atoms with Crippen LogP contribution < -0.4 is 15.5 Å². The first-order chi connectivity index (χ1) is 13.5. The molecule has 2 N–H and O–H groups in total. The highest BCUT2D eigenvalue weighted by Crippen LogP contribution is 2.20. The third-order valence-electron chi connectivity index (χ3n) is 3.87. The molecule has 0 aliphatic rings. The lowest BCUT2D eigenvalue weighted by Gasteiger charge is -2.13. The number of carbonyl (C=O) groups excluding carboxylic acids is 1. The van der Waals surface area contributed by atoms with Crippen LogP contribution in [0, 0.1) is 0 Å². The summed E-state index contributed by atoms with van der Waals surface area (Å²) < 4.78 is 4.98. The summed E-state index contributed by atoms with van der Waals surface area (Å²) in [7, 11) is 3.98. The summed E-state index contributed by atoms with van der Waals surface area (Å²) in [4.78, 5) is 18.1. The summed E-state index contributed by atoms with van der Waals surface area (Å²) in [6.45, 7) is 2.12. The van der Waals surface area contributed by atoms with Crippen molar-refractivity contribution >= 4 is 34.8 Å². The number of aromatic nitrogens is 3. The predicted octanol–water partition coefficient (Wildman–Crippen LogP) is 3.60. The van der Waals surface area contributed by atoms with Crippen molar-refractivity contribution in [1.82, 2.24) is 15.2 Å². The van der Waals surface area contributed by atoms with Crippen molar-refractivity contribution in [2.45, 2.75) is 6.92 Å². The maximum atomic E-state index is 11.7. The second kappa shape index (κ2) is 8.81. The van der Waals surface area contributed by atoms with E-state index in [1.54, 1.807) is 31.2 Å². The molecule has 0 saturated carbocycles. The average Bonchev–Trinajstić information content (AvgIpc) is 2.69. The van der Waals surface area contributed by atoms with Crippen molar-refractivity contribution in [1.29, 1.82) is 0 Å². The smallest absolute Gasteiger partial charge is 0.338 e. The minimum Gasteiger partial charge on any atom is -0.462 e. The second-order valence-electron chi connectivity index (χ2n) is 6.15. The minimum absolute atomic E-state index is 0.343. The van der Waals surface area contributed by atoms with Crippen LogP contribution in [0.15, 0.2) is 54.7 Å². The van der Waals surface area contributed by atoms with Gasteiger partial charge in [0.1, 0.15) is 0 Å².